The van der Waals surface area contributed by atoms with Gasteiger partial charge in [0.15, 0.2) is 5.76 Å². The van der Waals surface area contributed by atoms with Crippen molar-refractivity contribution in [2.75, 3.05) is 37.6 Å². The molecule has 8 nitrogen and oxygen atoms in total. The number of nitriles is 1. The van der Waals surface area contributed by atoms with Gasteiger partial charge in [-0.3, -0.25) is 19.8 Å². The molecule has 2 aromatic carbocycles. The van der Waals surface area contributed by atoms with Crippen LogP contribution in [0.2, 0.25) is 0 Å². The number of carbonyl (C=O) groups is 2. The average molecular weight is 538 g/mol. The lowest BCUT2D eigenvalue weighted by Gasteiger charge is -2.36. The number of unbranched alkanes of at least 4 members (excludes halogenated alkanes) is 1. The van der Waals surface area contributed by atoms with Gasteiger partial charge in [-0.05, 0) is 86.7 Å². The fraction of sp³-hybridized carbons (Fsp3) is 0.406. The van der Waals surface area contributed by atoms with Crippen molar-refractivity contribution in [3.05, 3.63) is 65.5 Å². The van der Waals surface area contributed by atoms with Gasteiger partial charge in [-0.25, -0.2) is 0 Å². The number of anilines is 1. The first-order valence-electron chi connectivity index (χ1n) is 14.4. The number of nitrogens with zero attached hydrogens (tertiary/aromatic N) is 3. The van der Waals surface area contributed by atoms with Crippen LogP contribution in [0.4, 0.5) is 5.69 Å². The Bertz CT molecular complexity index is 1560. The van der Waals surface area contributed by atoms with Gasteiger partial charge in [-0.15, -0.1) is 0 Å². The number of aromatic nitrogens is 1. The summed E-state index contributed by atoms with van der Waals surface area (Å²) in [5.74, 6) is -0.522. The predicted octanol–water partition coefficient (Wildman–Crippen LogP) is 5.38. The highest BCUT2D eigenvalue weighted by molar-refractivity contribution is 6.05. The number of benzene rings is 2. The third kappa shape index (κ3) is 5.61. The topological polar surface area (TPSA) is 105 Å². The average Bonchev–Trinajstić information content (AvgIpc) is 3.75. The number of aryl methyl sites for hydroxylation is 1. The van der Waals surface area contributed by atoms with Gasteiger partial charge in [0.2, 0.25) is 5.91 Å². The van der Waals surface area contributed by atoms with Crippen molar-refractivity contribution < 1.29 is 14.0 Å². The fourth-order valence-electron chi connectivity index (χ4n) is 6.14. The molecule has 40 heavy (non-hydrogen) atoms. The van der Waals surface area contributed by atoms with Gasteiger partial charge >= 0.3 is 0 Å². The summed E-state index contributed by atoms with van der Waals surface area (Å²) in [5.41, 5.74) is 4.85. The molecule has 2 aliphatic rings. The molecule has 2 fully saturated rings. The molecule has 1 saturated carbocycles. The Morgan fingerprint density at radius 1 is 1.02 bits per heavy atom. The number of furan rings is 1. The summed E-state index contributed by atoms with van der Waals surface area (Å²) in [6.07, 6.45) is 9.14. The van der Waals surface area contributed by atoms with E-state index in [0.29, 0.717) is 11.1 Å². The molecule has 8 heteroatoms. The highest BCUT2D eigenvalue weighted by Gasteiger charge is 2.26. The molecule has 0 atom stereocenters. The molecule has 0 bridgehead atoms. The van der Waals surface area contributed by atoms with Crippen LogP contribution in [0.15, 0.2) is 53.1 Å². The minimum absolute atomic E-state index is 0.0585. The second-order valence-electron chi connectivity index (χ2n) is 11.1. The van der Waals surface area contributed by atoms with Crippen molar-refractivity contribution in [2.24, 2.45) is 5.92 Å². The quantitative estimate of drug-likeness (QED) is 0.231. The molecule has 0 radical (unpaired) electrons. The molecule has 6 rings (SSSR count). The van der Waals surface area contributed by atoms with Crippen molar-refractivity contribution in [3.63, 3.8) is 0 Å². The number of hydrogen-bond acceptors (Lipinski definition) is 6. The smallest absolute Gasteiger partial charge is 0.293 e. The molecule has 4 aromatic rings. The van der Waals surface area contributed by atoms with Crippen molar-refractivity contribution >= 4 is 39.4 Å². The standard InChI is InChI=1S/C32H35N5O3/c33-20-22-8-10-28-27(17-22)24(21-34-28)7-3-4-12-36-13-15-37(16-14-36)26-9-11-29-25(18-26)19-30(40-29)32(39)35-31(38)23-5-1-2-6-23/h8-11,17-19,21,23,34H,1-7,12-16H2,(H,35,38,39). The van der Waals surface area contributed by atoms with E-state index in [9.17, 15) is 14.9 Å². The van der Waals surface area contributed by atoms with Crippen LogP contribution < -0.4 is 10.2 Å². The number of amides is 2. The molecular formula is C32H35N5O3. The summed E-state index contributed by atoms with van der Waals surface area (Å²) >= 11 is 0. The van der Waals surface area contributed by atoms with Gasteiger partial charge in [-0.2, -0.15) is 5.26 Å². The third-order valence-electron chi connectivity index (χ3n) is 8.49. The van der Waals surface area contributed by atoms with E-state index in [1.165, 1.54) is 5.56 Å². The summed E-state index contributed by atoms with van der Waals surface area (Å²) < 4.78 is 5.76. The molecule has 2 aromatic heterocycles. The fourth-order valence-corrected chi connectivity index (χ4v) is 6.14. The van der Waals surface area contributed by atoms with E-state index in [1.54, 1.807) is 6.07 Å². The maximum absolute atomic E-state index is 12.6. The zero-order valence-electron chi connectivity index (χ0n) is 22.7. The second-order valence-corrected chi connectivity index (χ2v) is 11.1. The van der Waals surface area contributed by atoms with Gasteiger partial charge in [0, 0.05) is 60.3 Å². The second kappa shape index (κ2) is 11.6. The Kier molecular flexibility index (Phi) is 7.56. The molecule has 2 N–H and O–H groups in total. The number of carbonyl (C=O) groups excluding carboxylic acids is 2. The van der Waals surface area contributed by atoms with Gasteiger partial charge in [0.05, 0.1) is 11.6 Å². The Morgan fingerprint density at radius 3 is 2.65 bits per heavy atom. The van der Waals surface area contributed by atoms with Crippen molar-refractivity contribution in [2.45, 2.75) is 44.9 Å². The summed E-state index contributed by atoms with van der Waals surface area (Å²) in [6, 6.07) is 15.8. The van der Waals surface area contributed by atoms with Crippen LogP contribution in [0, 0.1) is 17.2 Å². The number of piperazine rings is 1. The lowest BCUT2D eigenvalue weighted by molar-refractivity contribution is -0.123. The van der Waals surface area contributed by atoms with E-state index in [2.05, 4.69) is 38.4 Å². The lowest BCUT2D eigenvalue weighted by Crippen LogP contribution is -2.46. The van der Waals surface area contributed by atoms with Crippen molar-refractivity contribution in [1.82, 2.24) is 15.2 Å². The largest absolute Gasteiger partial charge is 0.451 e. The van der Waals surface area contributed by atoms with Crippen LogP contribution in [0.3, 0.4) is 0 Å². The first kappa shape index (κ1) is 26.1. The number of imide groups is 1. The summed E-state index contributed by atoms with van der Waals surface area (Å²) in [4.78, 5) is 33.2. The monoisotopic (exact) mass is 537 g/mol. The Labute approximate surface area is 233 Å². The normalized spacial score (nSPS) is 16.5. The molecule has 0 spiro atoms. The van der Waals surface area contributed by atoms with Crippen molar-refractivity contribution in [1.29, 1.82) is 5.26 Å². The number of fused-ring (bicyclic) bond motifs is 2. The van der Waals surface area contributed by atoms with Gasteiger partial charge in [0.1, 0.15) is 5.58 Å². The van der Waals surface area contributed by atoms with Crippen LogP contribution in [0.25, 0.3) is 21.9 Å². The van der Waals surface area contributed by atoms with E-state index >= 15 is 0 Å². The van der Waals surface area contributed by atoms with E-state index < -0.39 is 5.91 Å². The first-order valence-corrected chi connectivity index (χ1v) is 14.4. The highest BCUT2D eigenvalue weighted by Crippen LogP contribution is 2.28. The summed E-state index contributed by atoms with van der Waals surface area (Å²) in [5, 5.41) is 13.8. The minimum atomic E-state index is -0.458. The number of hydrogen-bond donors (Lipinski definition) is 2. The maximum atomic E-state index is 12.6. The van der Waals surface area contributed by atoms with E-state index in [-0.39, 0.29) is 17.6 Å². The van der Waals surface area contributed by atoms with E-state index in [4.69, 9.17) is 4.42 Å². The molecule has 0 unspecified atom stereocenters. The molecule has 1 aliphatic heterocycles. The van der Waals surface area contributed by atoms with E-state index in [0.717, 1.165) is 99.6 Å². The van der Waals surface area contributed by atoms with Crippen LogP contribution in [-0.4, -0.2) is 54.4 Å². The van der Waals surface area contributed by atoms with Crippen molar-refractivity contribution in [3.8, 4) is 6.07 Å². The van der Waals surface area contributed by atoms with Gasteiger partial charge < -0.3 is 14.3 Å². The van der Waals surface area contributed by atoms with Gasteiger partial charge in [0.25, 0.3) is 5.91 Å². The van der Waals surface area contributed by atoms with Gasteiger partial charge in [-0.1, -0.05) is 12.8 Å². The number of nitrogens with one attached hydrogen (secondary N) is 2. The molecule has 3 heterocycles. The maximum Gasteiger partial charge on any atom is 0.293 e. The molecule has 2 amide bonds. The Hall–Kier alpha value is -4.09. The zero-order valence-corrected chi connectivity index (χ0v) is 22.7. The molecule has 1 saturated heterocycles. The number of aromatic amines is 1. The minimum Gasteiger partial charge on any atom is -0.451 e. The predicted molar refractivity (Wildman–Crippen MR) is 155 cm³/mol. The molecule has 1 aliphatic carbocycles. The zero-order chi connectivity index (χ0) is 27.5. The van der Waals surface area contributed by atoms with Crippen LogP contribution in [0.1, 0.15) is 60.2 Å². The first-order chi connectivity index (χ1) is 19.6. The summed E-state index contributed by atoms with van der Waals surface area (Å²) in [6.45, 7) is 5.01. The summed E-state index contributed by atoms with van der Waals surface area (Å²) in [7, 11) is 0. The lowest BCUT2D eigenvalue weighted by atomic mass is 10.1. The van der Waals surface area contributed by atoms with Crippen LogP contribution in [-0.2, 0) is 11.2 Å². The van der Waals surface area contributed by atoms with E-state index in [1.807, 2.05) is 30.3 Å². The SMILES string of the molecule is N#Cc1ccc2[nH]cc(CCCCN3CCN(c4ccc5oc(C(=O)NC(=O)C6CCCC6)cc5c4)CC3)c2c1. The number of H-pyrrole nitrogens is 1. The van der Waals surface area contributed by atoms with Crippen LogP contribution in [0.5, 0.6) is 0 Å². The molecular weight excluding hydrogens is 502 g/mol. The Balaban J connectivity index is 0.979. The Morgan fingerprint density at radius 2 is 1.85 bits per heavy atom. The van der Waals surface area contributed by atoms with Crippen LogP contribution >= 0.6 is 0 Å². The highest BCUT2D eigenvalue weighted by atomic mass is 16.3. The third-order valence-corrected chi connectivity index (χ3v) is 8.49. The number of rotatable bonds is 8. The molecule has 206 valence electrons.